The quantitative estimate of drug-likeness (QED) is 0.828. The van der Waals surface area contributed by atoms with E-state index >= 15 is 0 Å². The fourth-order valence-electron chi connectivity index (χ4n) is 2.33. The highest BCUT2D eigenvalue weighted by atomic mass is 35.5. The van der Waals surface area contributed by atoms with Crippen LogP contribution in [0.4, 0.5) is 0 Å². The van der Waals surface area contributed by atoms with Gasteiger partial charge in [0.2, 0.25) is 10.0 Å². The number of carboxylic acids is 1. The molecule has 0 aliphatic rings. The van der Waals surface area contributed by atoms with E-state index in [0.29, 0.717) is 11.4 Å². The second kappa shape index (κ2) is 6.74. The zero-order valence-electron chi connectivity index (χ0n) is 12.6. The number of furan rings is 1. The van der Waals surface area contributed by atoms with Crippen molar-refractivity contribution in [3.05, 3.63) is 51.9 Å². The van der Waals surface area contributed by atoms with Crippen LogP contribution >= 0.6 is 11.6 Å². The number of sulfonamides is 1. The molecule has 1 heterocycles. The van der Waals surface area contributed by atoms with Gasteiger partial charge in [0.1, 0.15) is 22.0 Å². The van der Waals surface area contributed by atoms with Crippen LogP contribution in [0.25, 0.3) is 0 Å². The highest BCUT2D eigenvalue weighted by Gasteiger charge is 2.30. The Kier molecular flexibility index (Phi) is 5.13. The lowest BCUT2D eigenvalue weighted by molar-refractivity contribution is 0.0691. The van der Waals surface area contributed by atoms with Crippen LogP contribution in [-0.4, -0.2) is 26.0 Å². The molecule has 2 aromatic rings. The lowest BCUT2D eigenvalue weighted by Gasteiger charge is -2.07. The van der Waals surface area contributed by atoms with Gasteiger partial charge in [-0.25, -0.2) is 17.9 Å². The highest BCUT2D eigenvalue weighted by Crippen LogP contribution is 2.26. The van der Waals surface area contributed by atoms with Crippen molar-refractivity contribution in [2.75, 3.05) is 6.54 Å². The zero-order chi connectivity index (χ0) is 17.2. The van der Waals surface area contributed by atoms with Gasteiger partial charge in [0.15, 0.2) is 0 Å². The van der Waals surface area contributed by atoms with Crippen LogP contribution in [0.15, 0.2) is 33.6 Å². The Labute approximate surface area is 139 Å². The van der Waals surface area contributed by atoms with Gasteiger partial charge in [0, 0.05) is 11.6 Å². The molecule has 1 aromatic carbocycles. The van der Waals surface area contributed by atoms with E-state index in [4.69, 9.17) is 16.0 Å². The first-order valence-corrected chi connectivity index (χ1v) is 8.66. The maximum atomic E-state index is 12.4. The third-order valence-corrected chi connectivity index (χ3v) is 5.13. The Morgan fingerprint density at radius 3 is 2.61 bits per heavy atom. The van der Waals surface area contributed by atoms with Crippen molar-refractivity contribution in [1.29, 1.82) is 0 Å². The summed E-state index contributed by atoms with van der Waals surface area (Å²) < 4.78 is 32.3. The molecule has 23 heavy (non-hydrogen) atoms. The first-order chi connectivity index (χ1) is 10.7. The summed E-state index contributed by atoms with van der Waals surface area (Å²) in [5, 5.41) is 9.76. The maximum Gasteiger partial charge on any atom is 0.340 e. The standard InChI is InChI=1S/C15H16ClNO5S/c1-9-13(15(18)19)14(10(2)22-9)23(20,21)17-7-6-11-4-3-5-12(16)8-11/h3-5,8,17H,6-7H2,1-2H3,(H,18,19). The van der Waals surface area contributed by atoms with Crippen LogP contribution < -0.4 is 4.72 Å². The van der Waals surface area contributed by atoms with Gasteiger partial charge in [-0.15, -0.1) is 0 Å². The van der Waals surface area contributed by atoms with E-state index in [1.54, 1.807) is 18.2 Å². The van der Waals surface area contributed by atoms with Gasteiger partial charge < -0.3 is 9.52 Å². The Morgan fingerprint density at radius 2 is 2.00 bits per heavy atom. The van der Waals surface area contributed by atoms with Crippen molar-refractivity contribution >= 4 is 27.6 Å². The molecule has 0 fully saturated rings. The molecule has 0 spiro atoms. The van der Waals surface area contributed by atoms with E-state index in [2.05, 4.69) is 4.72 Å². The third-order valence-electron chi connectivity index (χ3n) is 3.28. The van der Waals surface area contributed by atoms with E-state index in [0.717, 1.165) is 5.56 Å². The Balaban J connectivity index is 2.18. The fourth-order valence-corrected chi connectivity index (χ4v) is 3.98. The van der Waals surface area contributed by atoms with Crippen LogP contribution in [0.5, 0.6) is 0 Å². The third kappa shape index (κ3) is 3.93. The molecule has 0 saturated heterocycles. The van der Waals surface area contributed by atoms with Crippen molar-refractivity contribution in [2.24, 2.45) is 0 Å². The predicted octanol–water partition coefficient (Wildman–Crippen LogP) is 2.77. The number of hydrogen-bond donors (Lipinski definition) is 2. The van der Waals surface area contributed by atoms with Gasteiger partial charge in [0.25, 0.3) is 0 Å². The van der Waals surface area contributed by atoms with Crippen molar-refractivity contribution in [3.63, 3.8) is 0 Å². The molecule has 0 atom stereocenters. The van der Waals surface area contributed by atoms with Crippen LogP contribution in [-0.2, 0) is 16.4 Å². The monoisotopic (exact) mass is 357 g/mol. The second-order valence-corrected chi connectivity index (χ2v) is 7.14. The van der Waals surface area contributed by atoms with Gasteiger partial charge in [-0.2, -0.15) is 0 Å². The molecule has 0 aliphatic heterocycles. The minimum atomic E-state index is -3.98. The summed E-state index contributed by atoms with van der Waals surface area (Å²) in [5.74, 6) is -1.23. The maximum absolute atomic E-state index is 12.4. The summed E-state index contributed by atoms with van der Waals surface area (Å²) in [7, 11) is -3.98. The van der Waals surface area contributed by atoms with Gasteiger partial charge in [-0.3, -0.25) is 0 Å². The number of aromatic carboxylic acids is 1. The number of rotatable bonds is 6. The van der Waals surface area contributed by atoms with Gasteiger partial charge in [0.05, 0.1) is 0 Å². The molecule has 124 valence electrons. The lowest BCUT2D eigenvalue weighted by Crippen LogP contribution is -2.27. The summed E-state index contributed by atoms with van der Waals surface area (Å²) >= 11 is 5.87. The van der Waals surface area contributed by atoms with E-state index in [9.17, 15) is 18.3 Å². The fraction of sp³-hybridized carbons (Fsp3) is 0.267. The van der Waals surface area contributed by atoms with Crippen LogP contribution in [0.1, 0.15) is 27.4 Å². The van der Waals surface area contributed by atoms with Crippen LogP contribution in [0, 0.1) is 13.8 Å². The molecule has 0 amide bonds. The average Bonchev–Trinajstić information content (AvgIpc) is 2.74. The lowest BCUT2D eigenvalue weighted by atomic mass is 10.2. The molecular formula is C15H16ClNO5S. The average molecular weight is 358 g/mol. The van der Waals surface area contributed by atoms with Crippen LogP contribution in [0.2, 0.25) is 5.02 Å². The smallest absolute Gasteiger partial charge is 0.340 e. The number of hydrogen-bond acceptors (Lipinski definition) is 4. The van der Waals surface area contributed by atoms with Crippen molar-refractivity contribution in [3.8, 4) is 0 Å². The summed E-state index contributed by atoms with van der Waals surface area (Å²) in [6.45, 7) is 2.96. The van der Waals surface area contributed by atoms with E-state index in [1.807, 2.05) is 6.07 Å². The van der Waals surface area contributed by atoms with Crippen LogP contribution in [0.3, 0.4) is 0 Å². The number of aryl methyl sites for hydroxylation is 2. The first kappa shape index (κ1) is 17.5. The van der Waals surface area contributed by atoms with Crippen molar-refractivity contribution in [1.82, 2.24) is 4.72 Å². The molecule has 0 saturated carbocycles. The number of halogens is 1. The van der Waals surface area contributed by atoms with Gasteiger partial charge in [-0.05, 0) is 38.0 Å². The van der Waals surface area contributed by atoms with Crippen molar-refractivity contribution < 1.29 is 22.7 Å². The largest absolute Gasteiger partial charge is 0.478 e. The number of nitrogens with one attached hydrogen (secondary N) is 1. The minimum absolute atomic E-state index is 0.0511. The molecule has 0 radical (unpaired) electrons. The van der Waals surface area contributed by atoms with Gasteiger partial charge >= 0.3 is 5.97 Å². The SMILES string of the molecule is Cc1oc(C)c(S(=O)(=O)NCCc2cccc(Cl)c2)c1C(=O)O. The number of benzene rings is 1. The molecule has 8 heteroatoms. The molecule has 2 rings (SSSR count). The number of carboxylic acid groups (broad SMARTS) is 1. The molecule has 0 aliphatic carbocycles. The zero-order valence-corrected chi connectivity index (χ0v) is 14.2. The summed E-state index contributed by atoms with van der Waals surface area (Å²) in [6.07, 6.45) is 0.429. The topological polar surface area (TPSA) is 96.6 Å². The van der Waals surface area contributed by atoms with Crippen molar-refractivity contribution in [2.45, 2.75) is 25.2 Å². The molecule has 6 nitrogen and oxygen atoms in total. The molecular weight excluding hydrogens is 342 g/mol. The van der Waals surface area contributed by atoms with E-state index in [1.165, 1.54) is 13.8 Å². The Bertz CT molecular complexity index is 842. The normalized spacial score (nSPS) is 11.6. The van der Waals surface area contributed by atoms with Gasteiger partial charge in [-0.1, -0.05) is 23.7 Å². The summed E-state index contributed by atoms with van der Waals surface area (Å²) in [5.41, 5.74) is 0.538. The second-order valence-electron chi connectivity index (χ2n) is 5.00. The summed E-state index contributed by atoms with van der Waals surface area (Å²) in [6, 6.07) is 7.08. The Morgan fingerprint density at radius 1 is 1.30 bits per heavy atom. The minimum Gasteiger partial charge on any atom is -0.478 e. The number of carbonyl (C=O) groups is 1. The van der Waals surface area contributed by atoms with E-state index < -0.39 is 16.0 Å². The Hall–Kier alpha value is -1.83. The highest BCUT2D eigenvalue weighted by molar-refractivity contribution is 7.89. The summed E-state index contributed by atoms with van der Waals surface area (Å²) in [4.78, 5) is 10.9. The molecule has 1 aromatic heterocycles. The predicted molar refractivity (Wildman–Crippen MR) is 85.5 cm³/mol. The first-order valence-electron chi connectivity index (χ1n) is 6.80. The van der Waals surface area contributed by atoms with E-state index in [-0.39, 0.29) is 28.5 Å². The molecule has 0 unspecified atom stereocenters. The molecule has 0 bridgehead atoms. The molecule has 2 N–H and O–H groups in total.